The van der Waals surface area contributed by atoms with E-state index in [1.165, 1.54) is 0 Å². The molecule has 0 unspecified atom stereocenters. The highest BCUT2D eigenvalue weighted by atomic mass is 16.8. The molecular formula is C19H25N3O5. The number of aromatic nitrogens is 3. The van der Waals surface area contributed by atoms with E-state index in [0.29, 0.717) is 0 Å². The van der Waals surface area contributed by atoms with Crippen molar-refractivity contribution in [1.82, 2.24) is 15.0 Å². The Morgan fingerprint density at radius 2 is 2.00 bits per heavy atom. The predicted octanol–water partition coefficient (Wildman–Crippen LogP) is 2.44. The highest BCUT2D eigenvalue weighted by molar-refractivity contribution is 5.75. The molecule has 0 amide bonds. The van der Waals surface area contributed by atoms with Crippen LogP contribution in [0.5, 0.6) is 0 Å². The largest absolute Gasteiger partial charge is 0.462 e. The molecule has 2 saturated heterocycles. The summed E-state index contributed by atoms with van der Waals surface area (Å²) in [5.74, 6) is -1.04. The number of esters is 1. The van der Waals surface area contributed by atoms with Gasteiger partial charge in [-0.05, 0) is 46.8 Å². The first-order valence-electron chi connectivity index (χ1n) is 9.14. The maximum Gasteiger partial charge on any atom is 0.311 e. The molecular weight excluding hydrogens is 350 g/mol. The predicted molar refractivity (Wildman–Crippen MR) is 95.7 cm³/mol. The minimum Gasteiger partial charge on any atom is -0.462 e. The normalized spacial score (nSPS) is 29.8. The first-order chi connectivity index (χ1) is 12.7. The van der Waals surface area contributed by atoms with Gasteiger partial charge in [0.25, 0.3) is 0 Å². The van der Waals surface area contributed by atoms with Gasteiger partial charge in [0, 0.05) is 0 Å². The molecule has 1 aromatic carbocycles. The van der Waals surface area contributed by atoms with E-state index in [1.54, 1.807) is 4.68 Å². The molecule has 2 aliphatic rings. The lowest BCUT2D eigenvalue weighted by Crippen LogP contribution is -2.36. The Bertz CT molecular complexity index is 856. The summed E-state index contributed by atoms with van der Waals surface area (Å²) in [6.07, 6.45) is -1.37. The van der Waals surface area contributed by atoms with Gasteiger partial charge < -0.3 is 18.9 Å². The van der Waals surface area contributed by atoms with Crippen molar-refractivity contribution < 1.29 is 23.7 Å². The summed E-state index contributed by atoms with van der Waals surface area (Å²) in [5.41, 5.74) is 1.07. The first-order valence-corrected chi connectivity index (χ1v) is 9.14. The van der Waals surface area contributed by atoms with E-state index in [2.05, 4.69) is 10.3 Å². The van der Waals surface area contributed by atoms with Gasteiger partial charge in [-0.2, -0.15) is 0 Å². The van der Waals surface area contributed by atoms with Crippen molar-refractivity contribution in [2.24, 2.45) is 5.41 Å². The monoisotopic (exact) mass is 375 g/mol. The van der Waals surface area contributed by atoms with Gasteiger partial charge in [0.15, 0.2) is 12.1 Å². The lowest BCUT2D eigenvalue weighted by atomic mass is 9.97. The van der Waals surface area contributed by atoms with Gasteiger partial charge in [0.1, 0.15) is 30.4 Å². The van der Waals surface area contributed by atoms with E-state index in [4.69, 9.17) is 18.9 Å². The third-order valence-electron chi connectivity index (χ3n) is 4.77. The van der Waals surface area contributed by atoms with Crippen LogP contribution in [-0.4, -0.2) is 51.9 Å². The zero-order valence-corrected chi connectivity index (χ0v) is 16.2. The zero-order valence-electron chi connectivity index (χ0n) is 16.2. The van der Waals surface area contributed by atoms with Crippen LogP contribution in [0.25, 0.3) is 11.0 Å². The summed E-state index contributed by atoms with van der Waals surface area (Å²) in [6.45, 7) is 9.24. The number of fused-ring (bicyclic) bond motifs is 2. The van der Waals surface area contributed by atoms with Crippen molar-refractivity contribution in [2.45, 2.75) is 64.9 Å². The van der Waals surface area contributed by atoms with Crippen LogP contribution in [0.4, 0.5) is 0 Å². The van der Waals surface area contributed by atoms with Gasteiger partial charge in [0.05, 0.1) is 10.9 Å². The lowest BCUT2D eigenvalue weighted by Gasteiger charge is -2.26. The van der Waals surface area contributed by atoms with E-state index in [0.717, 1.165) is 11.0 Å². The van der Waals surface area contributed by atoms with E-state index < -0.39 is 23.6 Å². The van der Waals surface area contributed by atoms with Crippen molar-refractivity contribution in [2.75, 3.05) is 6.61 Å². The number of carbonyl (C=O) groups excluding carboxylic acids is 1. The Morgan fingerprint density at radius 3 is 2.74 bits per heavy atom. The number of benzene rings is 1. The number of hydrogen-bond donors (Lipinski definition) is 0. The van der Waals surface area contributed by atoms with Gasteiger partial charge in [-0.15, -0.1) is 5.10 Å². The molecule has 4 rings (SSSR count). The van der Waals surface area contributed by atoms with Gasteiger partial charge in [-0.1, -0.05) is 17.3 Å². The molecule has 2 fully saturated rings. The second-order valence-corrected chi connectivity index (χ2v) is 8.50. The molecule has 3 heterocycles. The summed E-state index contributed by atoms with van der Waals surface area (Å²) in [6, 6.07) is 7.37. The lowest BCUT2D eigenvalue weighted by molar-refractivity contribution is -0.215. The summed E-state index contributed by atoms with van der Waals surface area (Å²) >= 11 is 0. The minimum absolute atomic E-state index is 0.0924. The van der Waals surface area contributed by atoms with Gasteiger partial charge in [-0.3, -0.25) is 4.79 Å². The van der Waals surface area contributed by atoms with Crippen molar-refractivity contribution in [3.63, 3.8) is 0 Å². The molecule has 2 aliphatic heterocycles. The Labute approximate surface area is 157 Å². The van der Waals surface area contributed by atoms with Crippen LogP contribution in [0.15, 0.2) is 24.3 Å². The third-order valence-corrected chi connectivity index (χ3v) is 4.77. The van der Waals surface area contributed by atoms with E-state index >= 15 is 0 Å². The fourth-order valence-electron chi connectivity index (χ4n) is 3.47. The average Bonchev–Trinajstić information content (AvgIpc) is 3.21. The number of ether oxygens (including phenoxy) is 4. The van der Waals surface area contributed by atoms with E-state index in [1.807, 2.05) is 58.9 Å². The second kappa shape index (κ2) is 6.25. The highest BCUT2D eigenvalue weighted by Gasteiger charge is 2.56. The maximum atomic E-state index is 12.2. The van der Waals surface area contributed by atoms with Gasteiger partial charge in [-0.25, -0.2) is 4.68 Å². The second-order valence-electron chi connectivity index (χ2n) is 8.50. The Balaban J connectivity index is 1.64. The van der Waals surface area contributed by atoms with Crippen molar-refractivity contribution in [3.05, 3.63) is 24.3 Å². The first kappa shape index (κ1) is 18.3. The molecule has 0 spiro atoms. The molecule has 0 radical (unpaired) electrons. The zero-order chi connectivity index (χ0) is 19.4. The van der Waals surface area contributed by atoms with Gasteiger partial charge >= 0.3 is 5.97 Å². The topological polar surface area (TPSA) is 84.7 Å². The molecule has 0 bridgehead atoms. The van der Waals surface area contributed by atoms with E-state index in [-0.39, 0.29) is 24.7 Å². The average molecular weight is 375 g/mol. The smallest absolute Gasteiger partial charge is 0.311 e. The van der Waals surface area contributed by atoms with Crippen LogP contribution < -0.4 is 0 Å². The highest BCUT2D eigenvalue weighted by Crippen LogP contribution is 2.43. The molecule has 8 nitrogen and oxygen atoms in total. The fourth-order valence-corrected chi connectivity index (χ4v) is 3.47. The standard InChI is InChI=1S/C19H25N3O5/c1-18(2,3)17(23)24-10-13-14(15-16(25-13)27-19(4,5)26-15)22-12-9-7-6-8-11(12)20-21-22/h6-9,13-16H,10H2,1-5H3/t13-,14-,15-,16-/m1/s1. The SMILES string of the molecule is CC1(C)O[C@H]2O[C@H](COC(=O)C(C)(C)C)[C@@H](n3nnc4ccccc43)[C@H]2O1. The summed E-state index contributed by atoms with van der Waals surface area (Å²) in [4.78, 5) is 12.2. The number of nitrogens with zero attached hydrogens (tertiary/aromatic N) is 3. The van der Waals surface area contributed by atoms with Crippen LogP contribution in [0.2, 0.25) is 0 Å². The molecule has 27 heavy (non-hydrogen) atoms. The Morgan fingerprint density at radius 1 is 1.26 bits per heavy atom. The van der Waals surface area contributed by atoms with Crippen LogP contribution in [0, 0.1) is 5.41 Å². The molecule has 8 heteroatoms. The number of para-hydroxylation sites is 1. The molecule has 0 N–H and O–H groups in total. The maximum absolute atomic E-state index is 12.2. The number of hydrogen-bond acceptors (Lipinski definition) is 7. The van der Waals surface area contributed by atoms with Crippen molar-refractivity contribution in [3.8, 4) is 0 Å². The minimum atomic E-state index is -0.753. The van der Waals surface area contributed by atoms with Crippen LogP contribution in [-0.2, 0) is 23.7 Å². The van der Waals surface area contributed by atoms with Crippen molar-refractivity contribution in [1.29, 1.82) is 0 Å². The summed E-state index contributed by atoms with van der Waals surface area (Å²) in [7, 11) is 0. The van der Waals surface area contributed by atoms with Crippen molar-refractivity contribution >= 4 is 17.0 Å². The number of rotatable bonds is 3. The van der Waals surface area contributed by atoms with Crippen LogP contribution in [0.1, 0.15) is 40.7 Å². The molecule has 0 aliphatic carbocycles. The Hall–Kier alpha value is -2.03. The molecule has 146 valence electrons. The fraction of sp³-hybridized carbons (Fsp3) is 0.632. The summed E-state index contributed by atoms with van der Waals surface area (Å²) in [5, 5.41) is 8.56. The molecule has 0 saturated carbocycles. The third kappa shape index (κ3) is 3.33. The van der Waals surface area contributed by atoms with Crippen LogP contribution >= 0.6 is 0 Å². The van der Waals surface area contributed by atoms with Gasteiger partial charge in [0.2, 0.25) is 0 Å². The van der Waals surface area contributed by atoms with Crippen LogP contribution in [0.3, 0.4) is 0 Å². The summed E-state index contributed by atoms with van der Waals surface area (Å²) < 4.78 is 25.3. The Kier molecular flexibility index (Phi) is 4.25. The molecule has 2 aromatic rings. The quantitative estimate of drug-likeness (QED) is 0.762. The number of carbonyl (C=O) groups is 1. The molecule has 4 atom stereocenters. The molecule has 1 aromatic heterocycles. The van der Waals surface area contributed by atoms with E-state index in [9.17, 15) is 4.79 Å².